The van der Waals surface area contributed by atoms with Crippen LogP contribution in [0, 0.1) is 0 Å². The molecule has 16 heavy (non-hydrogen) atoms. The van der Waals surface area contributed by atoms with Gasteiger partial charge < -0.3 is 5.43 Å². The van der Waals surface area contributed by atoms with E-state index in [4.69, 9.17) is 5.84 Å². The summed E-state index contributed by atoms with van der Waals surface area (Å²) in [5.74, 6) is 6.80. The summed E-state index contributed by atoms with van der Waals surface area (Å²) < 4.78 is 0. The standard InChI is InChI=1S/C11H12N4S/c12-15-10-6-11(14-8-13-10)16-7-9-4-2-1-3-5-9/h1-6,8H,7,12H2,(H,13,14,15). The molecule has 0 saturated heterocycles. The van der Waals surface area contributed by atoms with Crippen molar-refractivity contribution >= 4 is 17.6 Å². The molecule has 2 rings (SSSR count). The van der Waals surface area contributed by atoms with E-state index in [0.717, 1.165) is 10.8 Å². The van der Waals surface area contributed by atoms with Crippen LogP contribution in [0.25, 0.3) is 0 Å². The van der Waals surface area contributed by atoms with Crippen LogP contribution < -0.4 is 11.3 Å². The molecule has 0 amide bonds. The molecule has 0 atom stereocenters. The molecule has 3 N–H and O–H groups in total. The van der Waals surface area contributed by atoms with Crippen molar-refractivity contribution in [1.29, 1.82) is 0 Å². The van der Waals surface area contributed by atoms with Crippen LogP contribution in [-0.4, -0.2) is 9.97 Å². The first-order valence-electron chi connectivity index (χ1n) is 4.84. The molecule has 82 valence electrons. The van der Waals surface area contributed by atoms with Crippen molar-refractivity contribution in [1.82, 2.24) is 9.97 Å². The maximum absolute atomic E-state index is 5.28. The fourth-order valence-electron chi connectivity index (χ4n) is 1.23. The molecule has 0 unspecified atom stereocenters. The maximum Gasteiger partial charge on any atom is 0.144 e. The zero-order chi connectivity index (χ0) is 11.2. The number of hydrogen-bond donors (Lipinski definition) is 2. The van der Waals surface area contributed by atoms with E-state index in [-0.39, 0.29) is 0 Å². The fourth-order valence-corrected chi connectivity index (χ4v) is 2.05. The van der Waals surface area contributed by atoms with E-state index < -0.39 is 0 Å². The normalized spacial score (nSPS) is 10.1. The lowest BCUT2D eigenvalue weighted by Crippen LogP contribution is -2.08. The molecule has 1 aromatic carbocycles. The highest BCUT2D eigenvalue weighted by atomic mass is 32.2. The molecule has 0 spiro atoms. The third-order valence-corrected chi connectivity index (χ3v) is 3.02. The molecule has 0 aliphatic carbocycles. The van der Waals surface area contributed by atoms with Gasteiger partial charge in [-0.25, -0.2) is 15.8 Å². The Morgan fingerprint density at radius 1 is 1.19 bits per heavy atom. The molecule has 0 aliphatic rings. The van der Waals surface area contributed by atoms with E-state index in [1.54, 1.807) is 11.8 Å². The van der Waals surface area contributed by atoms with Gasteiger partial charge in [0, 0.05) is 11.8 Å². The van der Waals surface area contributed by atoms with Gasteiger partial charge in [0.15, 0.2) is 0 Å². The molecule has 0 radical (unpaired) electrons. The summed E-state index contributed by atoms with van der Waals surface area (Å²) in [5, 5.41) is 0.909. The zero-order valence-electron chi connectivity index (χ0n) is 8.63. The average molecular weight is 232 g/mol. The quantitative estimate of drug-likeness (QED) is 0.365. The maximum atomic E-state index is 5.28. The summed E-state index contributed by atoms with van der Waals surface area (Å²) in [6.07, 6.45) is 1.50. The number of nitrogens with one attached hydrogen (secondary N) is 1. The van der Waals surface area contributed by atoms with Crippen LogP contribution in [-0.2, 0) is 5.75 Å². The van der Waals surface area contributed by atoms with Gasteiger partial charge in [-0.05, 0) is 5.56 Å². The smallest absolute Gasteiger partial charge is 0.144 e. The molecular weight excluding hydrogens is 220 g/mol. The Bertz CT molecular complexity index is 447. The van der Waals surface area contributed by atoms with Crippen LogP contribution in [0.1, 0.15) is 5.56 Å². The van der Waals surface area contributed by atoms with Crippen molar-refractivity contribution in [3.8, 4) is 0 Å². The molecule has 0 fully saturated rings. The van der Waals surface area contributed by atoms with E-state index in [1.165, 1.54) is 11.9 Å². The van der Waals surface area contributed by atoms with Crippen LogP contribution in [0.4, 0.5) is 5.82 Å². The number of nitrogen functional groups attached to an aromatic ring is 1. The molecule has 5 heteroatoms. The van der Waals surface area contributed by atoms with Gasteiger partial charge in [0.05, 0.1) is 0 Å². The Balaban J connectivity index is 1.99. The van der Waals surface area contributed by atoms with Gasteiger partial charge in [-0.3, -0.25) is 0 Å². The predicted octanol–water partition coefficient (Wildman–Crippen LogP) is 2.05. The summed E-state index contributed by atoms with van der Waals surface area (Å²) in [5.41, 5.74) is 3.77. The molecule has 1 aromatic heterocycles. The summed E-state index contributed by atoms with van der Waals surface area (Å²) >= 11 is 1.66. The van der Waals surface area contributed by atoms with Crippen molar-refractivity contribution < 1.29 is 0 Å². The first kappa shape index (κ1) is 10.9. The van der Waals surface area contributed by atoms with Gasteiger partial charge in [-0.2, -0.15) is 0 Å². The van der Waals surface area contributed by atoms with E-state index >= 15 is 0 Å². The molecular formula is C11H12N4S. The number of benzene rings is 1. The molecule has 0 bridgehead atoms. The summed E-state index contributed by atoms with van der Waals surface area (Å²) in [4.78, 5) is 8.11. The van der Waals surface area contributed by atoms with E-state index in [2.05, 4.69) is 27.5 Å². The van der Waals surface area contributed by atoms with Gasteiger partial charge in [-0.1, -0.05) is 30.3 Å². The highest BCUT2D eigenvalue weighted by molar-refractivity contribution is 7.98. The average Bonchev–Trinajstić information content (AvgIpc) is 2.38. The molecule has 4 nitrogen and oxygen atoms in total. The minimum atomic E-state index is 0.630. The van der Waals surface area contributed by atoms with Crippen LogP contribution in [0.5, 0.6) is 0 Å². The van der Waals surface area contributed by atoms with Crippen molar-refractivity contribution in [3.63, 3.8) is 0 Å². The number of nitrogens with two attached hydrogens (primary N) is 1. The second-order valence-electron chi connectivity index (χ2n) is 3.16. The molecule has 1 heterocycles. The van der Waals surface area contributed by atoms with Crippen molar-refractivity contribution in [2.45, 2.75) is 10.8 Å². The molecule has 0 saturated carbocycles. The second-order valence-corrected chi connectivity index (χ2v) is 4.16. The van der Waals surface area contributed by atoms with Gasteiger partial charge >= 0.3 is 0 Å². The third-order valence-electron chi connectivity index (χ3n) is 2.02. The van der Waals surface area contributed by atoms with Crippen LogP contribution in [0.3, 0.4) is 0 Å². The number of nitrogens with zero attached hydrogens (tertiary/aromatic N) is 2. The van der Waals surface area contributed by atoms with Crippen LogP contribution in [0.15, 0.2) is 47.8 Å². The third kappa shape index (κ3) is 2.95. The first-order valence-corrected chi connectivity index (χ1v) is 5.82. The van der Waals surface area contributed by atoms with Crippen molar-refractivity contribution in [2.75, 3.05) is 5.43 Å². The number of hydrogen-bond acceptors (Lipinski definition) is 5. The summed E-state index contributed by atoms with van der Waals surface area (Å²) in [6.45, 7) is 0. The highest BCUT2D eigenvalue weighted by Crippen LogP contribution is 2.21. The first-order chi connectivity index (χ1) is 7.88. The second kappa shape index (κ2) is 5.48. The Morgan fingerprint density at radius 2 is 2.00 bits per heavy atom. The number of hydrazine groups is 1. The topological polar surface area (TPSA) is 63.8 Å². The zero-order valence-corrected chi connectivity index (χ0v) is 9.45. The Morgan fingerprint density at radius 3 is 2.75 bits per heavy atom. The Hall–Kier alpha value is -1.59. The van der Waals surface area contributed by atoms with Crippen LogP contribution in [0.2, 0.25) is 0 Å². The molecule has 0 aliphatic heterocycles. The number of anilines is 1. The Kier molecular flexibility index (Phi) is 3.74. The lowest BCUT2D eigenvalue weighted by Gasteiger charge is -2.02. The minimum absolute atomic E-state index is 0.630. The lowest BCUT2D eigenvalue weighted by atomic mass is 10.2. The van der Waals surface area contributed by atoms with E-state index in [9.17, 15) is 0 Å². The summed E-state index contributed by atoms with van der Waals surface area (Å²) in [6, 6.07) is 12.1. The number of thioether (sulfide) groups is 1. The fraction of sp³-hybridized carbons (Fsp3) is 0.0909. The van der Waals surface area contributed by atoms with Gasteiger partial charge in [0.2, 0.25) is 0 Å². The number of rotatable bonds is 4. The molecule has 2 aromatic rings. The lowest BCUT2D eigenvalue weighted by molar-refractivity contribution is 1.04. The van der Waals surface area contributed by atoms with Gasteiger partial charge in [0.1, 0.15) is 17.2 Å². The van der Waals surface area contributed by atoms with Crippen molar-refractivity contribution in [3.05, 3.63) is 48.3 Å². The van der Waals surface area contributed by atoms with Gasteiger partial charge in [0.25, 0.3) is 0 Å². The van der Waals surface area contributed by atoms with Gasteiger partial charge in [-0.15, -0.1) is 11.8 Å². The predicted molar refractivity (Wildman–Crippen MR) is 65.8 cm³/mol. The van der Waals surface area contributed by atoms with Crippen LogP contribution >= 0.6 is 11.8 Å². The highest BCUT2D eigenvalue weighted by Gasteiger charge is 1.99. The minimum Gasteiger partial charge on any atom is -0.308 e. The largest absolute Gasteiger partial charge is 0.308 e. The van der Waals surface area contributed by atoms with E-state index in [0.29, 0.717) is 5.82 Å². The van der Waals surface area contributed by atoms with E-state index in [1.807, 2.05) is 24.3 Å². The van der Waals surface area contributed by atoms with Crippen molar-refractivity contribution in [2.24, 2.45) is 5.84 Å². The summed E-state index contributed by atoms with van der Waals surface area (Å²) in [7, 11) is 0. The Labute approximate surface area is 98.3 Å². The SMILES string of the molecule is NNc1cc(SCc2ccccc2)ncn1. The number of aromatic nitrogens is 2. The monoisotopic (exact) mass is 232 g/mol.